The van der Waals surface area contributed by atoms with Gasteiger partial charge in [-0.25, -0.2) is 4.98 Å². The monoisotopic (exact) mass is 428 g/mol. The smallest absolute Gasteiger partial charge is 0.247 e. The van der Waals surface area contributed by atoms with Crippen LogP contribution in [-0.2, 0) is 17.1 Å². The van der Waals surface area contributed by atoms with Gasteiger partial charge in [-0.2, -0.15) is 0 Å². The highest BCUT2D eigenvalue weighted by Gasteiger charge is 2.19. The predicted octanol–water partition coefficient (Wildman–Crippen LogP) is 5.25. The Hall–Kier alpha value is -3.38. The molecule has 0 saturated carbocycles. The zero-order valence-electron chi connectivity index (χ0n) is 17.4. The van der Waals surface area contributed by atoms with Gasteiger partial charge in [0.05, 0.1) is 17.2 Å². The van der Waals surface area contributed by atoms with Gasteiger partial charge in [0, 0.05) is 24.2 Å². The second-order valence-electron chi connectivity index (χ2n) is 7.25. The predicted molar refractivity (Wildman–Crippen MR) is 127 cm³/mol. The highest BCUT2D eigenvalue weighted by molar-refractivity contribution is 7.98. The van der Waals surface area contributed by atoms with E-state index in [2.05, 4.69) is 42.8 Å². The number of fused-ring (bicyclic) bond motifs is 1. The summed E-state index contributed by atoms with van der Waals surface area (Å²) in [5.74, 6) is 0.756. The Balaban J connectivity index is 1.62. The average molecular weight is 429 g/mol. The number of aromatic nitrogens is 3. The highest BCUT2D eigenvalue weighted by atomic mass is 32.2. The third-order valence-corrected chi connectivity index (χ3v) is 6.03. The van der Waals surface area contributed by atoms with Crippen molar-refractivity contribution in [1.29, 1.82) is 0 Å². The lowest BCUT2D eigenvalue weighted by Gasteiger charge is -2.22. The first-order valence-electron chi connectivity index (χ1n) is 10.1. The van der Waals surface area contributed by atoms with E-state index in [1.807, 2.05) is 41.0 Å². The molecule has 0 unspecified atom stereocenters. The fraction of sp³-hybridized carbons (Fsp3) is 0.160. The lowest BCUT2D eigenvalue weighted by molar-refractivity contribution is -0.119. The van der Waals surface area contributed by atoms with Crippen LogP contribution >= 0.6 is 11.8 Å². The minimum absolute atomic E-state index is 0.0218. The van der Waals surface area contributed by atoms with Crippen LogP contribution in [0.15, 0.2) is 90.9 Å². The minimum atomic E-state index is -0.0218. The normalized spacial score (nSPS) is 10.9. The van der Waals surface area contributed by atoms with Crippen molar-refractivity contribution in [2.45, 2.75) is 24.4 Å². The van der Waals surface area contributed by atoms with Gasteiger partial charge in [0.2, 0.25) is 5.91 Å². The van der Waals surface area contributed by atoms with E-state index in [-0.39, 0.29) is 12.5 Å². The number of carbonyl (C=O) groups excluding carboxylic acids is 1. The van der Waals surface area contributed by atoms with E-state index < -0.39 is 0 Å². The van der Waals surface area contributed by atoms with Crippen molar-refractivity contribution in [3.8, 4) is 0 Å². The topological polar surface area (TPSA) is 51.0 Å². The van der Waals surface area contributed by atoms with Crippen LogP contribution in [0.4, 0.5) is 5.69 Å². The molecule has 0 aliphatic rings. The van der Waals surface area contributed by atoms with Crippen LogP contribution in [0.2, 0.25) is 0 Å². The third kappa shape index (κ3) is 4.86. The Kier molecular flexibility index (Phi) is 6.48. The number of pyridine rings is 1. The van der Waals surface area contributed by atoms with E-state index in [9.17, 15) is 4.79 Å². The minimum Gasteiger partial charge on any atom is -0.308 e. The molecule has 0 N–H and O–H groups in total. The van der Waals surface area contributed by atoms with Gasteiger partial charge in [0.15, 0.2) is 5.16 Å². The number of thioether (sulfide) groups is 1. The second kappa shape index (κ2) is 9.62. The number of benzene rings is 2. The number of aryl methyl sites for hydroxylation is 1. The molecule has 0 fully saturated rings. The summed E-state index contributed by atoms with van der Waals surface area (Å²) in [5.41, 5.74) is 5.00. The first-order valence-corrected chi connectivity index (χ1v) is 11.1. The summed E-state index contributed by atoms with van der Waals surface area (Å²) in [6.45, 7) is 6.52. The van der Waals surface area contributed by atoms with Crippen LogP contribution in [0.3, 0.4) is 0 Å². The molecule has 0 aliphatic carbocycles. The van der Waals surface area contributed by atoms with Crippen LogP contribution in [0.1, 0.15) is 11.1 Å². The molecule has 4 rings (SSSR count). The fourth-order valence-electron chi connectivity index (χ4n) is 3.35. The molecule has 2 heterocycles. The van der Waals surface area contributed by atoms with Crippen molar-refractivity contribution < 1.29 is 4.79 Å². The van der Waals surface area contributed by atoms with E-state index in [4.69, 9.17) is 4.98 Å². The summed E-state index contributed by atoms with van der Waals surface area (Å²) in [6, 6.07) is 20.0. The summed E-state index contributed by atoms with van der Waals surface area (Å²) in [6.07, 6.45) is 5.24. The van der Waals surface area contributed by atoms with Crippen LogP contribution in [0.25, 0.3) is 11.0 Å². The molecule has 0 saturated heterocycles. The lowest BCUT2D eigenvalue weighted by atomic mass is 10.2. The molecular weight excluding hydrogens is 404 g/mol. The van der Waals surface area contributed by atoms with Gasteiger partial charge < -0.3 is 9.47 Å². The summed E-state index contributed by atoms with van der Waals surface area (Å²) in [5, 5.41) is 0.809. The van der Waals surface area contributed by atoms with E-state index in [1.165, 1.54) is 11.1 Å². The fourth-order valence-corrected chi connectivity index (χ4v) is 4.32. The number of nitrogens with zero attached hydrogens (tertiary/aromatic N) is 4. The summed E-state index contributed by atoms with van der Waals surface area (Å²) < 4.78 is 1.96. The molecule has 4 aromatic rings. The number of para-hydroxylation sites is 1. The molecule has 5 nitrogen and oxygen atoms in total. The molecule has 6 heteroatoms. The number of hydrogen-bond donors (Lipinski definition) is 0. The maximum atomic E-state index is 13.3. The SMILES string of the molecule is C=CCN(C(=O)Cn1c(SCc2ccc(C)cc2)nc2ccncc21)c1ccccc1. The number of hydrogen-bond acceptors (Lipinski definition) is 4. The Morgan fingerprint density at radius 2 is 1.90 bits per heavy atom. The van der Waals surface area contributed by atoms with Crippen LogP contribution < -0.4 is 4.90 Å². The number of imidazole rings is 1. The van der Waals surface area contributed by atoms with Gasteiger partial charge in [-0.05, 0) is 30.7 Å². The molecule has 0 spiro atoms. The summed E-state index contributed by atoms with van der Waals surface area (Å²) >= 11 is 1.63. The van der Waals surface area contributed by atoms with Crippen molar-refractivity contribution >= 4 is 34.4 Å². The van der Waals surface area contributed by atoms with Gasteiger partial charge in [-0.1, -0.05) is 65.9 Å². The molecule has 31 heavy (non-hydrogen) atoms. The number of amides is 1. The molecule has 0 bridgehead atoms. The van der Waals surface area contributed by atoms with Gasteiger partial charge in [-0.15, -0.1) is 6.58 Å². The van der Waals surface area contributed by atoms with Crippen LogP contribution in [0, 0.1) is 6.92 Å². The van der Waals surface area contributed by atoms with Crippen molar-refractivity contribution in [1.82, 2.24) is 14.5 Å². The van der Waals surface area contributed by atoms with Gasteiger partial charge >= 0.3 is 0 Å². The van der Waals surface area contributed by atoms with Gasteiger partial charge in [0.25, 0.3) is 0 Å². The highest BCUT2D eigenvalue weighted by Crippen LogP contribution is 2.27. The molecule has 0 radical (unpaired) electrons. The average Bonchev–Trinajstić information content (AvgIpc) is 3.15. The van der Waals surface area contributed by atoms with Crippen molar-refractivity contribution in [2.24, 2.45) is 0 Å². The second-order valence-corrected chi connectivity index (χ2v) is 8.19. The quantitative estimate of drug-likeness (QED) is 0.284. The van der Waals surface area contributed by atoms with E-state index >= 15 is 0 Å². The summed E-state index contributed by atoms with van der Waals surface area (Å²) in [7, 11) is 0. The molecule has 2 aromatic heterocycles. The Morgan fingerprint density at radius 1 is 1.13 bits per heavy atom. The largest absolute Gasteiger partial charge is 0.308 e. The first-order chi connectivity index (χ1) is 15.2. The van der Waals surface area contributed by atoms with Crippen LogP contribution in [-0.4, -0.2) is 27.0 Å². The zero-order valence-corrected chi connectivity index (χ0v) is 18.3. The van der Waals surface area contributed by atoms with Gasteiger partial charge in [0.1, 0.15) is 6.54 Å². The van der Waals surface area contributed by atoms with Crippen LogP contribution in [0.5, 0.6) is 0 Å². The van der Waals surface area contributed by atoms with E-state index in [0.29, 0.717) is 6.54 Å². The summed E-state index contributed by atoms with van der Waals surface area (Å²) in [4.78, 5) is 24.1. The Labute approximate surface area is 186 Å². The molecule has 156 valence electrons. The van der Waals surface area contributed by atoms with Crippen molar-refractivity contribution in [3.63, 3.8) is 0 Å². The number of anilines is 1. The molecule has 1 amide bonds. The standard InChI is InChI=1S/C25H24N4OS/c1-3-15-28(21-7-5-4-6-8-21)24(30)17-29-23-16-26-14-13-22(23)27-25(29)31-18-20-11-9-19(2)10-12-20/h3-14,16H,1,15,17-18H2,2H3. The maximum absolute atomic E-state index is 13.3. The molecule has 0 atom stereocenters. The van der Waals surface area contributed by atoms with E-state index in [1.54, 1.807) is 35.1 Å². The number of rotatable bonds is 8. The molecule has 0 aliphatic heterocycles. The Morgan fingerprint density at radius 3 is 2.65 bits per heavy atom. The van der Waals surface area contributed by atoms with E-state index in [0.717, 1.165) is 27.6 Å². The Bertz CT molecular complexity index is 1190. The third-order valence-electron chi connectivity index (χ3n) is 4.98. The lowest BCUT2D eigenvalue weighted by Crippen LogP contribution is -2.34. The maximum Gasteiger partial charge on any atom is 0.247 e. The molecular formula is C25H24N4OS. The van der Waals surface area contributed by atoms with Gasteiger partial charge in [-0.3, -0.25) is 9.78 Å². The van der Waals surface area contributed by atoms with Crippen molar-refractivity contribution in [2.75, 3.05) is 11.4 Å². The first kappa shape index (κ1) is 20.9. The molecule has 2 aromatic carbocycles. The number of carbonyl (C=O) groups is 1. The van der Waals surface area contributed by atoms with Crippen molar-refractivity contribution in [3.05, 3.63) is 96.8 Å². The zero-order chi connectivity index (χ0) is 21.6.